The number of hydrogen-bond donors (Lipinski definition) is 2. The highest BCUT2D eigenvalue weighted by molar-refractivity contribution is 7.17. The molecule has 0 aliphatic heterocycles. The molecular weight excluding hydrogens is 318 g/mol. The van der Waals surface area contributed by atoms with Crippen molar-refractivity contribution in [1.82, 2.24) is 20.3 Å². The van der Waals surface area contributed by atoms with Gasteiger partial charge in [-0.1, -0.05) is 0 Å². The van der Waals surface area contributed by atoms with Crippen molar-refractivity contribution in [3.8, 4) is 10.6 Å². The Kier molecular flexibility index (Phi) is 4.12. The van der Waals surface area contributed by atoms with Gasteiger partial charge in [-0.15, -0.1) is 22.7 Å². The van der Waals surface area contributed by atoms with Gasteiger partial charge in [0.25, 0.3) is 5.91 Å². The van der Waals surface area contributed by atoms with Gasteiger partial charge in [-0.05, 0) is 19.1 Å². The van der Waals surface area contributed by atoms with Crippen molar-refractivity contribution in [3.63, 3.8) is 0 Å². The molecule has 0 bridgehead atoms. The van der Waals surface area contributed by atoms with Crippen molar-refractivity contribution in [2.45, 2.75) is 13.5 Å². The first-order valence-electron chi connectivity index (χ1n) is 6.49. The lowest BCUT2D eigenvalue weighted by Gasteiger charge is -2.01. The van der Waals surface area contributed by atoms with Gasteiger partial charge in [0.05, 0.1) is 17.2 Å². The van der Waals surface area contributed by atoms with Crippen molar-refractivity contribution in [3.05, 3.63) is 45.5 Å². The highest BCUT2D eigenvalue weighted by Gasteiger charge is 2.17. The van der Waals surface area contributed by atoms with Crippen molar-refractivity contribution in [2.75, 3.05) is 5.73 Å². The summed E-state index contributed by atoms with van der Waals surface area (Å²) in [6.07, 6.45) is 3.38. The van der Waals surface area contributed by atoms with Crippen LogP contribution in [0.1, 0.15) is 20.4 Å². The van der Waals surface area contributed by atoms with Crippen molar-refractivity contribution < 1.29 is 4.79 Å². The molecule has 0 atom stereocenters. The average Bonchev–Trinajstić information content (AvgIpc) is 3.12. The molecule has 3 heterocycles. The predicted octanol–water partition coefficient (Wildman–Crippen LogP) is 2.48. The van der Waals surface area contributed by atoms with E-state index in [2.05, 4.69) is 20.3 Å². The lowest BCUT2D eigenvalue weighted by Crippen LogP contribution is -2.22. The SMILES string of the molecule is Cc1nc(CNC(=O)c2sc(-c3cccnc3)nc2N)cs1. The number of nitrogens with zero attached hydrogens (tertiary/aromatic N) is 3. The van der Waals surface area contributed by atoms with Crippen LogP contribution in [0.15, 0.2) is 29.9 Å². The molecule has 0 aromatic carbocycles. The van der Waals surface area contributed by atoms with Crippen molar-refractivity contribution >= 4 is 34.4 Å². The maximum absolute atomic E-state index is 12.2. The maximum atomic E-state index is 12.2. The molecule has 0 unspecified atom stereocenters. The van der Waals surface area contributed by atoms with E-state index in [4.69, 9.17) is 5.73 Å². The number of nitrogens with two attached hydrogens (primary N) is 1. The number of nitrogen functional groups attached to an aromatic ring is 1. The second-order valence-electron chi connectivity index (χ2n) is 4.52. The Labute approximate surface area is 135 Å². The van der Waals surface area contributed by atoms with Crippen LogP contribution >= 0.6 is 22.7 Å². The van der Waals surface area contributed by atoms with Gasteiger partial charge in [0.15, 0.2) is 0 Å². The first-order valence-corrected chi connectivity index (χ1v) is 8.19. The summed E-state index contributed by atoms with van der Waals surface area (Å²) in [6.45, 7) is 2.31. The zero-order valence-corrected chi connectivity index (χ0v) is 13.4. The molecule has 3 N–H and O–H groups in total. The molecule has 22 heavy (non-hydrogen) atoms. The first kappa shape index (κ1) is 14.6. The molecule has 112 valence electrons. The zero-order chi connectivity index (χ0) is 15.5. The monoisotopic (exact) mass is 331 g/mol. The standard InChI is InChI=1S/C14H13N5OS2/c1-8-18-10(7-21-8)6-17-13(20)11-12(15)19-14(22-11)9-3-2-4-16-5-9/h2-5,7H,6,15H2,1H3,(H,17,20). The van der Waals surface area contributed by atoms with E-state index in [0.29, 0.717) is 16.4 Å². The smallest absolute Gasteiger partial charge is 0.265 e. The molecule has 0 aliphatic rings. The van der Waals surface area contributed by atoms with Crippen LogP contribution in [-0.4, -0.2) is 20.9 Å². The van der Waals surface area contributed by atoms with Crippen LogP contribution in [0.3, 0.4) is 0 Å². The summed E-state index contributed by atoms with van der Waals surface area (Å²) in [7, 11) is 0. The molecule has 3 aromatic heterocycles. The molecule has 1 amide bonds. The number of amides is 1. The van der Waals surface area contributed by atoms with Crippen molar-refractivity contribution in [2.24, 2.45) is 0 Å². The summed E-state index contributed by atoms with van der Waals surface area (Å²) >= 11 is 2.81. The molecule has 8 heteroatoms. The number of rotatable bonds is 4. The van der Waals surface area contributed by atoms with E-state index in [9.17, 15) is 4.79 Å². The number of carbonyl (C=O) groups is 1. The normalized spacial score (nSPS) is 10.6. The topological polar surface area (TPSA) is 93.8 Å². The maximum Gasteiger partial charge on any atom is 0.265 e. The van der Waals surface area contributed by atoms with E-state index in [1.54, 1.807) is 23.7 Å². The Balaban J connectivity index is 1.74. The van der Waals surface area contributed by atoms with Gasteiger partial charge in [-0.2, -0.15) is 0 Å². The summed E-state index contributed by atoms with van der Waals surface area (Å²) in [4.78, 5) is 25.2. The van der Waals surface area contributed by atoms with Gasteiger partial charge in [-0.25, -0.2) is 9.97 Å². The van der Waals surface area contributed by atoms with E-state index < -0.39 is 0 Å². The molecule has 3 rings (SSSR count). The largest absolute Gasteiger partial charge is 0.382 e. The van der Waals surface area contributed by atoms with E-state index in [1.165, 1.54) is 11.3 Å². The molecular formula is C14H13N5OS2. The van der Waals surface area contributed by atoms with Gasteiger partial charge in [0, 0.05) is 23.3 Å². The van der Waals surface area contributed by atoms with Gasteiger partial charge < -0.3 is 11.1 Å². The second kappa shape index (κ2) is 6.20. The Morgan fingerprint density at radius 1 is 1.41 bits per heavy atom. The summed E-state index contributed by atoms with van der Waals surface area (Å²) in [5, 5.41) is 6.39. The second-order valence-corrected chi connectivity index (χ2v) is 6.58. The Bertz CT molecular complexity index is 797. The van der Waals surface area contributed by atoms with Gasteiger partial charge in [-0.3, -0.25) is 9.78 Å². The summed E-state index contributed by atoms with van der Waals surface area (Å²) < 4.78 is 0. The Hall–Kier alpha value is -2.32. The third-order valence-corrected chi connectivity index (χ3v) is 4.81. The third-order valence-electron chi connectivity index (χ3n) is 2.86. The minimum Gasteiger partial charge on any atom is -0.382 e. The zero-order valence-electron chi connectivity index (χ0n) is 11.7. The van der Waals surface area contributed by atoms with Crippen LogP contribution in [-0.2, 0) is 6.54 Å². The quantitative estimate of drug-likeness (QED) is 0.766. The fourth-order valence-electron chi connectivity index (χ4n) is 1.85. The minimum atomic E-state index is -0.240. The number of carbonyl (C=O) groups excluding carboxylic acids is 1. The number of anilines is 1. The van der Waals surface area contributed by atoms with Gasteiger partial charge in [0.1, 0.15) is 15.7 Å². The highest BCUT2D eigenvalue weighted by Crippen LogP contribution is 2.28. The molecule has 0 fully saturated rings. The van der Waals surface area contributed by atoms with Gasteiger partial charge >= 0.3 is 0 Å². The van der Waals surface area contributed by atoms with E-state index in [-0.39, 0.29) is 11.7 Å². The van der Waals surface area contributed by atoms with Crippen LogP contribution < -0.4 is 11.1 Å². The number of aryl methyl sites for hydroxylation is 1. The number of nitrogens with one attached hydrogen (secondary N) is 1. The van der Waals surface area contributed by atoms with Gasteiger partial charge in [0.2, 0.25) is 0 Å². The van der Waals surface area contributed by atoms with Crippen LogP contribution in [0.5, 0.6) is 0 Å². The van der Waals surface area contributed by atoms with E-state index in [1.807, 2.05) is 24.4 Å². The molecule has 0 spiro atoms. The molecule has 0 saturated carbocycles. The molecule has 6 nitrogen and oxygen atoms in total. The Morgan fingerprint density at radius 2 is 2.27 bits per heavy atom. The fourth-order valence-corrected chi connectivity index (χ4v) is 3.35. The number of aromatic nitrogens is 3. The van der Waals surface area contributed by atoms with Crippen LogP contribution in [0, 0.1) is 6.92 Å². The first-order chi connectivity index (χ1) is 10.6. The predicted molar refractivity (Wildman–Crippen MR) is 87.8 cm³/mol. The molecule has 3 aromatic rings. The van der Waals surface area contributed by atoms with E-state index >= 15 is 0 Å². The Morgan fingerprint density at radius 3 is 2.95 bits per heavy atom. The fraction of sp³-hybridized carbons (Fsp3) is 0.143. The molecule has 0 radical (unpaired) electrons. The lowest BCUT2D eigenvalue weighted by molar-refractivity contribution is 0.0955. The van der Waals surface area contributed by atoms with Crippen LogP contribution in [0.2, 0.25) is 0 Å². The molecule has 0 saturated heterocycles. The number of thiazole rings is 2. The van der Waals surface area contributed by atoms with Crippen LogP contribution in [0.4, 0.5) is 5.82 Å². The molecule has 0 aliphatic carbocycles. The van der Waals surface area contributed by atoms with Crippen LogP contribution in [0.25, 0.3) is 10.6 Å². The summed E-state index contributed by atoms with van der Waals surface area (Å²) in [6, 6.07) is 3.70. The summed E-state index contributed by atoms with van der Waals surface area (Å²) in [5.74, 6) is -0.00777. The minimum absolute atomic E-state index is 0.232. The highest BCUT2D eigenvalue weighted by atomic mass is 32.1. The lowest BCUT2D eigenvalue weighted by atomic mass is 10.3. The number of pyridine rings is 1. The third kappa shape index (κ3) is 3.12. The average molecular weight is 331 g/mol. The summed E-state index contributed by atoms with van der Waals surface area (Å²) in [5.41, 5.74) is 7.54. The number of hydrogen-bond acceptors (Lipinski definition) is 7. The van der Waals surface area contributed by atoms with E-state index in [0.717, 1.165) is 16.3 Å². The van der Waals surface area contributed by atoms with Crippen molar-refractivity contribution in [1.29, 1.82) is 0 Å².